The Labute approximate surface area is 476 Å². The van der Waals surface area contributed by atoms with E-state index >= 15 is 0 Å². The van der Waals surface area contributed by atoms with E-state index in [-0.39, 0.29) is 44.7 Å². The van der Waals surface area contributed by atoms with Gasteiger partial charge in [0.15, 0.2) is 5.58 Å². The van der Waals surface area contributed by atoms with Crippen LogP contribution in [0.4, 0.5) is 45.5 Å². The van der Waals surface area contributed by atoms with Crippen LogP contribution in [0.1, 0.15) is 178 Å². The lowest BCUT2D eigenvalue weighted by molar-refractivity contribution is 0.195. The number of rotatable bonds is 3. The second-order valence-electron chi connectivity index (χ2n) is 29.3. The molecule has 2 unspecified atom stereocenters. The van der Waals surface area contributed by atoms with Gasteiger partial charge in [0.25, 0.3) is 6.71 Å². The molecular formula is C75H78BN3O. The van der Waals surface area contributed by atoms with E-state index in [1.54, 1.807) is 0 Å². The first kappa shape index (κ1) is 50.0. The van der Waals surface area contributed by atoms with Crippen molar-refractivity contribution in [2.75, 3.05) is 14.7 Å². The number of benzene rings is 8. The minimum Gasteiger partial charge on any atom is -0.454 e. The molecule has 15 rings (SSSR count). The topological polar surface area (TPSA) is 22.9 Å². The lowest BCUT2D eigenvalue weighted by Gasteiger charge is -2.51. The highest BCUT2D eigenvalue weighted by Gasteiger charge is 2.58. The summed E-state index contributed by atoms with van der Waals surface area (Å²) in [6.07, 6.45) is 5.90. The SMILES string of the molecule is Cc1cc2c3c(c1)N(c1cccc4c1oc1ccccc14)c1cc(N4c5ccc(C(C)(C)C)cc5C5(C)CCCCC45C)ccc1B3c1cc3c(cc1N2c1cc2c(cc1C)C(C)(C)CC2(C)C)C(C)(C)c1ccccc1C3(C)C. The number of anilines is 8. The fourth-order valence-electron chi connectivity index (χ4n) is 17.6. The summed E-state index contributed by atoms with van der Waals surface area (Å²) in [5, 5.41) is 2.28. The monoisotopic (exact) mass is 1050 g/mol. The van der Waals surface area contributed by atoms with Crippen molar-refractivity contribution >= 4 is 90.5 Å². The highest BCUT2D eigenvalue weighted by atomic mass is 16.3. The molecule has 9 aromatic rings. The zero-order valence-corrected chi connectivity index (χ0v) is 50.1. The van der Waals surface area contributed by atoms with Gasteiger partial charge in [0.2, 0.25) is 0 Å². The Morgan fingerprint density at radius 3 is 1.80 bits per heavy atom. The maximum Gasteiger partial charge on any atom is 0.252 e. The highest BCUT2D eigenvalue weighted by Crippen LogP contribution is 2.62. The molecule has 0 radical (unpaired) electrons. The quantitative estimate of drug-likeness (QED) is 0.165. The van der Waals surface area contributed by atoms with Crippen LogP contribution in [0.25, 0.3) is 21.9 Å². The third-order valence-corrected chi connectivity index (χ3v) is 21.7. The normalized spacial score (nSPS) is 22.1. The number of para-hydroxylation sites is 2. The molecule has 0 bridgehead atoms. The molecule has 80 heavy (non-hydrogen) atoms. The molecule has 4 nitrogen and oxygen atoms in total. The molecule has 4 heterocycles. The number of furan rings is 1. The fraction of sp³-hybridized carbons (Fsp3) is 0.360. The van der Waals surface area contributed by atoms with Crippen molar-refractivity contribution in [3.05, 3.63) is 195 Å². The molecule has 1 aromatic heterocycles. The number of hydrogen-bond donors (Lipinski definition) is 0. The van der Waals surface area contributed by atoms with Crippen LogP contribution in [0, 0.1) is 13.8 Å². The summed E-state index contributed by atoms with van der Waals surface area (Å²) in [7, 11) is 0. The lowest BCUT2D eigenvalue weighted by atomic mass is 9.33. The van der Waals surface area contributed by atoms with E-state index in [0.717, 1.165) is 40.5 Å². The van der Waals surface area contributed by atoms with Crippen molar-refractivity contribution in [1.29, 1.82) is 0 Å². The van der Waals surface area contributed by atoms with Gasteiger partial charge in [-0.15, -0.1) is 0 Å². The number of nitrogens with zero attached hydrogens (tertiary/aromatic N) is 3. The van der Waals surface area contributed by atoms with Crippen LogP contribution in [0.3, 0.4) is 0 Å². The molecule has 1 fully saturated rings. The Morgan fingerprint density at radius 1 is 0.475 bits per heavy atom. The molecule has 8 aromatic carbocycles. The van der Waals surface area contributed by atoms with Gasteiger partial charge in [-0.1, -0.05) is 181 Å². The van der Waals surface area contributed by atoms with Crippen LogP contribution in [0.5, 0.6) is 0 Å². The third-order valence-electron chi connectivity index (χ3n) is 21.7. The summed E-state index contributed by atoms with van der Waals surface area (Å²) in [5.74, 6) is 0. The molecule has 6 aliphatic rings. The van der Waals surface area contributed by atoms with Gasteiger partial charge in [0.1, 0.15) is 5.58 Å². The summed E-state index contributed by atoms with van der Waals surface area (Å²) in [4.78, 5) is 8.13. The minimum absolute atomic E-state index is 0.0133. The molecule has 0 saturated heterocycles. The van der Waals surface area contributed by atoms with E-state index in [1.165, 1.54) is 131 Å². The van der Waals surface area contributed by atoms with Gasteiger partial charge in [-0.3, -0.25) is 0 Å². The zero-order valence-electron chi connectivity index (χ0n) is 50.1. The van der Waals surface area contributed by atoms with Crippen molar-refractivity contribution in [3.63, 3.8) is 0 Å². The second kappa shape index (κ2) is 15.9. The zero-order chi connectivity index (χ0) is 55.7. The van der Waals surface area contributed by atoms with Crippen molar-refractivity contribution < 1.29 is 4.42 Å². The van der Waals surface area contributed by atoms with Gasteiger partial charge >= 0.3 is 0 Å². The molecule has 0 amide bonds. The van der Waals surface area contributed by atoms with Crippen LogP contribution in [0.2, 0.25) is 0 Å². The van der Waals surface area contributed by atoms with E-state index in [4.69, 9.17) is 4.42 Å². The maximum absolute atomic E-state index is 7.12. The molecule has 3 aliphatic carbocycles. The van der Waals surface area contributed by atoms with Gasteiger partial charge in [-0.25, -0.2) is 0 Å². The molecule has 402 valence electrons. The second-order valence-corrected chi connectivity index (χ2v) is 29.3. The van der Waals surface area contributed by atoms with Crippen LogP contribution in [0.15, 0.2) is 144 Å². The van der Waals surface area contributed by atoms with Crippen LogP contribution < -0.4 is 31.1 Å². The van der Waals surface area contributed by atoms with Crippen LogP contribution in [-0.4, -0.2) is 12.3 Å². The van der Waals surface area contributed by atoms with E-state index < -0.39 is 0 Å². The number of hydrogen-bond acceptors (Lipinski definition) is 4. The minimum atomic E-state index is -0.237. The molecule has 1 saturated carbocycles. The Kier molecular flexibility index (Phi) is 9.96. The molecular weight excluding hydrogens is 970 g/mol. The van der Waals surface area contributed by atoms with Gasteiger partial charge in [-0.2, -0.15) is 0 Å². The fourth-order valence-corrected chi connectivity index (χ4v) is 17.6. The van der Waals surface area contributed by atoms with Gasteiger partial charge in [0, 0.05) is 66.8 Å². The average Bonchev–Trinajstić information content (AvgIpc) is 4.17. The van der Waals surface area contributed by atoms with Crippen molar-refractivity contribution in [1.82, 2.24) is 0 Å². The predicted molar refractivity (Wildman–Crippen MR) is 340 cm³/mol. The third kappa shape index (κ3) is 6.41. The van der Waals surface area contributed by atoms with Gasteiger partial charge in [-0.05, 0) is 183 Å². The Balaban J connectivity index is 1.05. The standard InChI is InChI=1S/C75H78BN3O/c1-44-35-64-67-65(36-44)78(61-41-53-52(37-45(61)2)70(6,7)43-71(53,8)9)63-42-55-54(72(10,11)50-25-17-18-26-51(50)73(55,12)13)40-58(63)76(67)57-31-30-47(39-62(57)77(64)60-27-22-24-49-48-23-16-19-28-66(48)80-68(49)60)79-59-32-29-46(69(3,4)5)38-56(59)74(14)33-20-21-34-75(74,79)15/h16-19,22-32,35-42H,20-21,33-34,43H2,1-15H3. The van der Waals surface area contributed by atoms with Crippen LogP contribution >= 0.6 is 0 Å². The average molecular weight is 1050 g/mol. The van der Waals surface area contributed by atoms with Gasteiger partial charge in [0.05, 0.1) is 11.2 Å². The van der Waals surface area contributed by atoms with E-state index in [1.807, 2.05) is 0 Å². The van der Waals surface area contributed by atoms with E-state index in [0.29, 0.717) is 0 Å². The number of fused-ring (bicyclic) bond motifs is 13. The molecule has 0 spiro atoms. The van der Waals surface area contributed by atoms with Crippen molar-refractivity contribution in [2.24, 2.45) is 0 Å². The summed E-state index contributed by atoms with van der Waals surface area (Å²) < 4.78 is 7.12. The molecule has 2 atom stereocenters. The van der Waals surface area contributed by atoms with Gasteiger partial charge < -0.3 is 19.1 Å². The van der Waals surface area contributed by atoms with Crippen molar-refractivity contribution in [3.8, 4) is 0 Å². The van der Waals surface area contributed by atoms with E-state index in [2.05, 4.69) is 258 Å². The smallest absolute Gasteiger partial charge is 0.252 e. The molecule has 3 aliphatic heterocycles. The highest BCUT2D eigenvalue weighted by molar-refractivity contribution is 7.00. The van der Waals surface area contributed by atoms with Crippen molar-refractivity contribution in [2.45, 2.75) is 174 Å². The van der Waals surface area contributed by atoms with E-state index in [9.17, 15) is 0 Å². The summed E-state index contributed by atoms with van der Waals surface area (Å²) in [6, 6.07) is 55.3. The number of aryl methyl sites for hydroxylation is 2. The largest absolute Gasteiger partial charge is 0.454 e. The van der Waals surface area contributed by atoms with Crippen LogP contribution in [-0.2, 0) is 32.5 Å². The Bertz CT molecular complexity index is 4200. The Hall–Kier alpha value is -6.98. The summed E-state index contributed by atoms with van der Waals surface area (Å²) in [6.45, 7) is 36.6. The first-order valence-electron chi connectivity index (χ1n) is 30.0. The predicted octanol–water partition coefficient (Wildman–Crippen LogP) is 18.2. The summed E-state index contributed by atoms with van der Waals surface area (Å²) in [5.41, 5.74) is 29.4. The summed E-state index contributed by atoms with van der Waals surface area (Å²) >= 11 is 0. The Morgan fingerprint density at radius 2 is 1.09 bits per heavy atom. The molecule has 0 N–H and O–H groups in total. The maximum atomic E-state index is 7.12. The lowest BCUT2D eigenvalue weighted by Crippen LogP contribution is -2.62. The molecule has 5 heteroatoms. The first-order chi connectivity index (χ1) is 37.8. The first-order valence-corrected chi connectivity index (χ1v) is 30.0.